The first kappa shape index (κ1) is 15.7. The molecule has 1 amide bonds. The number of carbonyl (C=O) groups excluding carboxylic acids is 1. The summed E-state index contributed by atoms with van der Waals surface area (Å²) in [7, 11) is 1.62. The standard InChI is InChI=1S/C18H18N2O4/c1-24-13-3-5-16-15(9-13)11(10-20-16)6-7-19-18(23)14-4-2-12(21)8-17(14)22/h2-5,8-10,20-22H,6-7H2,1H3,(H,19,23). The lowest BCUT2D eigenvalue weighted by molar-refractivity contribution is 0.0951. The molecule has 0 aliphatic carbocycles. The summed E-state index contributed by atoms with van der Waals surface area (Å²) < 4.78 is 5.24. The van der Waals surface area contributed by atoms with E-state index < -0.39 is 0 Å². The number of ether oxygens (including phenoxy) is 1. The first-order valence-corrected chi connectivity index (χ1v) is 7.52. The van der Waals surface area contributed by atoms with E-state index in [9.17, 15) is 15.0 Å². The number of fused-ring (bicyclic) bond motifs is 1. The van der Waals surface area contributed by atoms with E-state index >= 15 is 0 Å². The van der Waals surface area contributed by atoms with Crippen LogP contribution >= 0.6 is 0 Å². The molecule has 0 unspecified atom stereocenters. The molecule has 124 valence electrons. The minimum absolute atomic E-state index is 0.0863. The zero-order chi connectivity index (χ0) is 17.1. The van der Waals surface area contributed by atoms with Gasteiger partial charge in [-0.3, -0.25) is 4.79 Å². The fourth-order valence-corrected chi connectivity index (χ4v) is 2.61. The SMILES string of the molecule is COc1ccc2[nH]cc(CCNC(=O)c3ccc(O)cc3O)c2c1. The number of amides is 1. The number of phenols is 2. The molecule has 0 atom stereocenters. The third-order valence-electron chi connectivity index (χ3n) is 3.88. The minimum atomic E-state index is -0.384. The van der Waals surface area contributed by atoms with Crippen LogP contribution in [0.15, 0.2) is 42.6 Å². The number of nitrogens with one attached hydrogen (secondary N) is 2. The maximum Gasteiger partial charge on any atom is 0.255 e. The van der Waals surface area contributed by atoms with Gasteiger partial charge in [-0.2, -0.15) is 0 Å². The Morgan fingerprint density at radius 2 is 2.04 bits per heavy atom. The first-order chi connectivity index (χ1) is 11.6. The van der Waals surface area contributed by atoms with Crippen molar-refractivity contribution in [1.29, 1.82) is 0 Å². The van der Waals surface area contributed by atoms with Crippen molar-refractivity contribution in [2.45, 2.75) is 6.42 Å². The Labute approximate surface area is 138 Å². The smallest absolute Gasteiger partial charge is 0.255 e. The van der Waals surface area contributed by atoms with Crippen molar-refractivity contribution < 1.29 is 19.7 Å². The zero-order valence-electron chi connectivity index (χ0n) is 13.2. The second-order valence-corrected chi connectivity index (χ2v) is 5.43. The highest BCUT2D eigenvalue weighted by Gasteiger charge is 2.12. The fraction of sp³-hybridized carbons (Fsp3) is 0.167. The summed E-state index contributed by atoms with van der Waals surface area (Å²) in [5.41, 5.74) is 2.21. The number of aromatic amines is 1. The Morgan fingerprint density at radius 1 is 1.21 bits per heavy atom. The summed E-state index contributed by atoms with van der Waals surface area (Å²) >= 11 is 0. The van der Waals surface area contributed by atoms with E-state index in [1.807, 2.05) is 24.4 Å². The van der Waals surface area contributed by atoms with Crippen LogP contribution in [0.4, 0.5) is 0 Å². The Balaban J connectivity index is 1.67. The summed E-state index contributed by atoms with van der Waals surface area (Å²) in [5.74, 6) is 0.0624. The zero-order valence-corrected chi connectivity index (χ0v) is 13.2. The Kier molecular flexibility index (Phi) is 4.29. The molecule has 0 aliphatic rings. The number of hydrogen-bond donors (Lipinski definition) is 4. The van der Waals surface area contributed by atoms with Crippen molar-refractivity contribution in [3.8, 4) is 17.2 Å². The molecule has 0 saturated heterocycles. The largest absolute Gasteiger partial charge is 0.508 e. The molecule has 0 spiro atoms. The van der Waals surface area contributed by atoms with E-state index in [-0.39, 0.29) is 23.0 Å². The number of hydrogen-bond acceptors (Lipinski definition) is 4. The van der Waals surface area contributed by atoms with Gasteiger partial charge >= 0.3 is 0 Å². The quantitative estimate of drug-likeness (QED) is 0.579. The number of benzene rings is 2. The Bertz CT molecular complexity index is 886. The average Bonchev–Trinajstić information content (AvgIpc) is 2.97. The number of H-pyrrole nitrogens is 1. The van der Waals surface area contributed by atoms with Crippen LogP contribution in [-0.2, 0) is 6.42 Å². The van der Waals surface area contributed by atoms with E-state index in [2.05, 4.69) is 10.3 Å². The molecule has 6 heteroatoms. The van der Waals surface area contributed by atoms with Crippen LogP contribution in [0.5, 0.6) is 17.2 Å². The molecule has 0 bridgehead atoms. The van der Waals surface area contributed by atoms with Gasteiger partial charge in [0, 0.05) is 29.7 Å². The molecule has 2 aromatic carbocycles. The summed E-state index contributed by atoms with van der Waals surface area (Å²) in [5, 5.41) is 22.8. The number of phenolic OH excluding ortho intramolecular Hbond substituents is 2. The van der Waals surface area contributed by atoms with Gasteiger partial charge in [-0.1, -0.05) is 0 Å². The molecule has 4 N–H and O–H groups in total. The van der Waals surface area contributed by atoms with Gasteiger partial charge < -0.3 is 25.3 Å². The first-order valence-electron chi connectivity index (χ1n) is 7.52. The molecular weight excluding hydrogens is 308 g/mol. The molecule has 3 aromatic rings. The van der Waals surface area contributed by atoms with E-state index in [0.717, 1.165) is 28.3 Å². The summed E-state index contributed by atoms with van der Waals surface area (Å²) in [6.45, 7) is 0.420. The van der Waals surface area contributed by atoms with Gasteiger partial charge in [0.1, 0.15) is 17.2 Å². The highest BCUT2D eigenvalue weighted by molar-refractivity contribution is 5.97. The summed E-state index contributed by atoms with van der Waals surface area (Å²) in [6.07, 6.45) is 2.55. The molecular formula is C18H18N2O4. The molecule has 0 radical (unpaired) electrons. The fourth-order valence-electron chi connectivity index (χ4n) is 2.61. The van der Waals surface area contributed by atoms with Gasteiger partial charge in [-0.15, -0.1) is 0 Å². The molecule has 1 heterocycles. The highest BCUT2D eigenvalue weighted by Crippen LogP contribution is 2.24. The third-order valence-corrected chi connectivity index (χ3v) is 3.88. The van der Waals surface area contributed by atoms with E-state index in [0.29, 0.717) is 13.0 Å². The van der Waals surface area contributed by atoms with Gasteiger partial charge in [0.2, 0.25) is 0 Å². The topological polar surface area (TPSA) is 94.6 Å². The number of methoxy groups -OCH3 is 1. The van der Waals surface area contributed by atoms with Crippen LogP contribution < -0.4 is 10.1 Å². The molecule has 0 fully saturated rings. The van der Waals surface area contributed by atoms with Gasteiger partial charge in [0.15, 0.2) is 0 Å². The minimum Gasteiger partial charge on any atom is -0.508 e. The number of aromatic hydroxyl groups is 2. The lowest BCUT2D eigenvalue weighted by Crippen LogP contribution is -2.25. The number of rotatable bonds is 5. The molecule has 0 saturated carbocycles. The van der Waals surface area contributed by atoms with Crippen molar-refractivity contribution >= 4 is 16.8 Å². The van der Waals surface area contributed by atoms with Crippen LogP contribution in [0.2, 0.25) is 0 Å². The summed E-state index contributed by atoms with van der Waals surface area (Å²) in [6, 6.07) is 9.68. The number of aromatic nitrogens is 1. The molecule has 1 aromatic heterocycles. The van der Waals surface area contributed by atoms with Gasteiger partial charge in [0.05, 0.1) is 12.7 Å². The third kappa shape index (κ3) is 3.12. The molecule has 6 nitrogen and oxygen atoms in total. The molecule has 24 heavy (non-hydrogen) atoms. The van der Waals surface area contributed by atoms with Crippen molar-refractivity contribution in [3.63, 3.8) is 0 Å². The predicted octanol–water partition coefficient (Wildman–Crippen LogP) is 2.56. The maximum absolute atomic E-state index is 12.1. The lowest BCUT2D eigenvalue weighted by atomic mass is 10.1. The second kappa shape index (κ2) is 6.54. The van der Waals surface area contributed by atoms with Crippen molar-refractivity contribution in [2.24, 2.45) is 0 Å². The summed E-state index contributed by atoms with van der Waals surface area (Å²) in [4.78, 5) is 15.3. The molecule has 3 rings (SSSR count). The highest BCUT2D eigenvalue weighted by atomic mass is 16.5. The van der Waals surface area contributed by atoms with Crippen LogP contribution in [0.25, 0.3) is 10.9 Å². The van der Waals surface area contributed by atoms with Crippen molar-refractivity contribution in [3.05, 3.63) is 53.7 Å². The van der Waals surface area contributed by atoms with Gasteiger partial charge in [-0.05, 0) is 42.3 Å². The number of carbonyl (C=O) groups is 1. The van der Waals surface area contributed by atoms with Crippen LogP contribution in [0.1, 0.15) is 15.9 Å². The van der Waals surface area contributed by atoms with Crippen molar-refractivity contribution in [2.75, 3.05) is 13.7 Å². The molecule has 0 aliphatic heterocycles. The van der Waals surface area contributed by atoms with E-state index in [1.165, 1.54) is 12.1 Å². The van der Waals surface area contributed by atoms with Crippen LogP contribution in [-0.4, -0.2) is 34.8 Å². The average molecular weight is 326 g/mol. The lowest BCUT2D eigenvalue weighted by Gasteiger charge is -2.07. The van der Waals surface area contributed by atoms with Crippen LogP contribution in [0, 0.1) is 0 Å². The monoisotopic (exact) mass is 326 g/mol. The normalized spacial score (nSPS) is 10.7. The Hall–Kier alpha value is -3.15. The van der Waals surface area contributed by atoms with E-state index in [4.69, 9.17) is 4.74 Å². The van der Waals surface area contributed by atoms with Gasteiger partial charge in [0.25, 0.3) is 5.91 Å². The van der Waals surface area contributed by atoms with Crippen LogP contribution in [0.3, 0.4) is 0 Å². The second-order valence-electron chi connectivity index (χ2n) is 5.43. The van der Waals surface area contributed by atoms with E-state index in [1.54, 1.807) is 7.11 Å². The maximum atomic E-state index is 12.1. The predicted molar refractivity (Wildman–Crippen MR) is 90.7 cm³/mol. The van der Waals surface area contributed by atoms with Crippen molar-refractivity contribution in [1.82, 2.24) is 10.3 Å². The van der Waals surface area contributed by atoms with Gasteiger partial charge in [-0.25, -0.2) is 0 Å². The Morgan fingerprint density at radius 3 is 2.79 bits per heavy atom.